The molecule has 0 atom stereocenters. The second kappa shape index (κ2) is 6.21. The zero-order valence-electron chi connectivity index (χ0n) is 9.55. The van der Waals surface area contributed by atoms with Crippen LogP contribution in [0.5, 0.6) is 0 Å². The molecule has 19 heavy (non-hydrogen) atoms. The summed E-state index contributed by atoms with van der Waals surface area (Å²) in [5, 5.41) is 8.66. The molecule has 3 nitrogen and oxygen atoms in total. The molecule has 1 aromatic rings. The maximum atomic E-state index is 13.4. The largest absolute Gasteiger partial charge is 0.480 e. The highest BCUT2D eigenvalue weighted by Gasteiger charge is 2.31. The summed E-state index contributed by atoms with van der Waals surface area (Å²) < 4.78 is 50.3. The van der Waals surface area contributed by atoms with Crippen molar-refractivity contribution in [1.29, 1.82) is 0 Å². The van der Waals surface area contributed by atoms with Gasteiger partial charge in [-0.15, -0.1) is 0 Å². The summed E-state index contributed by atoms with van der Waals surface area (Å²) in [5.41, 5.74) is -0.0464. The van der Waals surface area contributed by atoms with E-state index in [-0.39, 0.29) is 10.6 Å². The Labute approximate surface area is 111 Å². The van der Waals surface area contributed by atoms with Crippen molar-refractivity contribution in [3.63, 3.8) is 0 Å². The van der Waals surface area contributed by atoms with Gasteiger partial charge >= 0.3 is 12.1 Å². The molecule has 0 aromatic heterocycles. The van der Waals surface area contributed by atoms with Crippen molar-refractivity contribution >= 4 is 17.6 Å². The minimum atomic E-state index is -4.56. The van der Waals surface area contributed by atoms with Gasteiger partial charge in [0, 0.05) is 17.1 Å². The van der Waals surface area contributed by atoms with E-state index in [9.17, 15) is 22.4 Å². The van der Waals surface area contributed by atoms with Crippen molar-refractivity contribution < 1.29 is 27.5 Å². The molecule has 0 aliphatic heterocycles. The smallest absolute Gasteiger partial charge is 0.401 e. The number of halogens is 5. The van der Waals surface area contributed by atoms with Crippen LogP contribution in [0.4, 0.5) is 17.6 Å². The minimum absolute atomic E-state index is 0.0464. The third-order valence-corrected chi connectivity index (χ3v) is 2.41. The number of carboxylic acid groups (broad SMARTS) is 1. The molecule has 0 fully saturated rings. The third kappa shape index (κ3) is 5.89. The lowest BCUT2D eigenvalue weighted by molar-refractivity contribution is -0.154. The molecular weight excluding hydrogens is 290 g/mol. The van der Waals surface area contributed by atoms with Crippen molar-refractivity contribution in [2.75, 3.05) is 13.1 Å². The molecule has 0 amide bonds. The van der Waals surface area contributed by atoms with Gasteiger partial charge in [-0.05, 0) is 12.1 Å². The molecule has 0 saturated carbocycles. The molecule has 0 radical (unpaired) electrons. The first-order chi connectivity index (χ1) is 8.67. The van der Waals surface area contributed by atoms with Crippen LogP contribution in [0, 0.1) is 5.82 Å². The van der Waals surface area contributed by atoms with Crippen LogP contribution >= 0.6 is 11.6 Å². The van der Waals surface area contributed by atoms with Crippen LogP contribution in [0.15, 0.2) is 18.2 Å². The van der Waals surface area contributed by atoms with Gasteiger partial charge in [0.1, 0.15) is 5.82 Å². The average molecular weight is 300 g/mol. The van der Waals surface area contributed by atoms with E-state index in [4.69, 9.17) is 16.7 Å². The average Bonchev–Trinajstić information content (AvgIpc) is 2.18. The van der Waals surface area contributed by atoms with Gasteiger partial charge in [0.15, 0.2) is 0 Å². The molecule has 106 valence electrons. The van der Waals surface area contributed by atoms with Gasteiger partial charge in [-0.25, -0.2) is 4.39 Å². The van der Waals surface area contributed by atoms with E-state index in [1.807, 2.05) is 0 Å². The SMILES string of the molecule is O=C(O)CN(Cc1ccc(Cl)cc1F)CC(F)(F)F. The minimum Gasteiger partial charge on any atom is -0.480 e. The maximum absolute atomic E-state index is 13.4. The Balaban J connectivity index is 2.84. The molecule has 1 N–H and O–H groups in total. The van der Waals surface area contributed by atoms with Crippen LogP contribution in [0.1, 0.15) is 5.56 Å². The first kappa shape index (κ1) is 15.7. The van der Waals surface area contributed by atoms with Gasteiger partial charge in [0.25, 0.3) is 0 Å². The number of hydrogen-bond acceptors (Lipinski definition) is 2. The number of aliphatic carboxylic acids is 1. The molecule has 0 unspecified atom stereocenters. The Hall–Kier alpha value is -1.34. The highest BCUT2D eigenvalue weighted by Crippen LogP contribution is 2.20. The van der Waals surface area contributed by atoms with Crippen molar-refractivity contribution in [2.24, 2.45) is 0 Å². The predicted molar refractivity (Wildman–Crippen MR) is 60.4 cm³/mol. The van der Waals surface area contributed by atoms with Crippen LogP contribution < -0.4 is 0 Å². The van der Waals surface area contributed by atoms with E-state index < -0.39 is 37.6 Å². The molecule has 0 heterocycles. The molecular formula is C11H10ClF4NO2. The lowest BCUT2D eigenvalue weighted by Crippen LogP contribution is -2.37. The molecule has 0 aliphatic carbocycles. The van der Waals surface area contributed by atoms with Gasteiger partial charge in [-0.1, -0.05) is 17.7 Å². The van der Waals surface area contributed by atoms with Crippen molar-refractivity contribution in [3.05, 3.63) is 34.6 Å². The second-order valence-corrected chi connectivity index (χ2v) is 4.33. The van der Waals surface area contributed by atoms with Crippen molar-refractivity contribution in [2.45, 2.75) is 12.7 Å². The topological polar surface area (TPSA) is 40.5 Å². The summed E-state index contributed by atoms with van der Waals surface area (Å²) in [6.07, 6.45) is -4.56. The van der Waals surface area contributed by atoms with Crippen LogP contribution in [-0.4, -0.2) is 35.2 Å². The number of hydrogen-bond donors (Lipinski definition) is 1. The van der Waals surface area contributed by atoms with Gasteiger partial charge in [-0.2, -0.15) is 13.2 Å². The van der Waals surface area contributed by atoms with E-state index in [2.05, 4.69) is 0 Å². The molecule has 0 saturated heterocycles. The fourth-order valence-electron chi connectivity index (χ4n) is 1.50. The van der Waals surface area contributed by atoms with Crippen LogP contribution in [0.2, 0.25) is 5.02 Å². The standard InChI is InChI=1S/C11H10ClF4NO2/c12-8-2-1-7(9(13)3-8)4-17(5-10(18)19)6-11(14,15)16/h1-3H,4-6H2,(H,18,19). The first-order valence-corrected chi connectivity index (χ1v) is 5.50. The Morgan fingerprint density at radius 3 is 2.47 bits per heavy atom. The summed E-state index contributed by atoms with van der Waals surface area (Å²) >= 11 is 5.52. The number of carbonyl (C=O) groups is 1. The first-order valence-electron chi connectivity index (χ1n) is 5.12. The van der Waals surface area contributed by atoms with Gasteiger partial charge < -0.3 is 5.11 Å². The number of alkyl halides is 3. The number of rotatable bonds is 5. The number of benzene rings is 1. The number of nitrogens with zero attached hydrogens (tertiary/aromatic N) is 1. The lowest BCUT2D eigenvalue weighted by atomic mass is 10.2. The molecule has 0 bridgehead atoms. The molecule has 0 spiro atoms. The van der Waals surface area contributed by atoms with E-state index in [1.54, 1.807) is 0 Å². The summed E-state index contributed by atoms with van der Waals surface area (Å²) in [6, 6.07) is 3.51. The quantitative estimate of drug-likeness (QED) is 0.850. The summed E-state index contributed by atoms with van der Waals surface area (Å²) in [5.74, 6) is -2.19. The van der Waals surface area contributed by atoms with Gasteiger partial charge in [0.2, 0.25) is 0 Å². The predicted octanol–water partition coefficient (Wildman–Crippen LogP) is 2.93. The summed E-state index contributed by atoms with van der Waals surface area (Å²) in [6.45, 7) is -2.72. The van der Waals surface area contributed by atoms with Crippen LogP contribution in [-0.2, 0) is 11.3 Å². The van der Waals surface area contributed by atoms with E-state index >= 15 is 0 Å². The third-order valence-electron chi connectivity index (χ3n) is 2.17. The highest BCUT2D eigenvalue weighted by atomic mass is 35.5. The highest BCUT2D eigenvalue weighted by molar-refractivity contribution is 6.30. The Morgan fingerprint density at radius 2 is 2.00 bits per heavy atom. The fourth-order valence-corrected chi connectivity index (χ4v) is 1.66. The Kier molecular flexibility index (Phi) is 5.13. The van der Waals surface area contributed by atoms with Crippen LogP contribution in [0.3, 0.4) is 0 Å². The van der Waals surface area contributed by atoms with E-state index in [0.717, 1.165) is 6.07 Å². The summed E-state index contributed by atoms with van der Waals surface area (Å²) in [7, 11) is 0. The molecule has 0 aliphatic rings. The van der Waals surface area contributed by atoms with Crippen molar-refractivity contribution in [1.82, 2.24) is 4.90 Å². The van der Waals surface area contributed by atoms with Crippen LogP contribution in [0.25, 0.3) is 0 Å². The monoisotopic (exact) mass is 299 g/mol. The number of carboxylic acids is 1. The zero-order valence-corrected chi connectivity index (χ0v) is 10.3. The Morgan fingerprint density at radius 1 is 1.37 bits per heavy atom. The zero-order chi connectivity index (χ0) is 14.6. The molecule has 8 heteroatoms. The van der Waals surface area contributed by atoms with E-state index in [1.165, 1.54) is 12.1 Å². The normalized spacial score (nSPS) is 11.9. The van der Waals surface area contributed by atoms with Gasteiger partial charge in [-0.3, -0.25) is 9.69 Å². The Bertz CT molecular complexity index is 464. The summed E-state index contributed by atoms with van der Waals surface area (Å²) in [4.78, 5) is 11.1. The van der Waals surface area contributed by atoms with Gasteiger partial charge in [0.05, 0.1) is 13.1 Å². The maximum Gasteiger partial charge on any atom is 0.401 e. The van der Waals surface area contributed by atoms with Crippen molar-refractivity contribution in [3.8, 4) is 0 Å². The van der Waals surface area contributed by atoms with E-state index in [0.29, 0.717) is 4.90 Å². The lowest BCUT2D eigenvalue weighted by Gasteiger charge is -2.22. The second-order valence-electron chi connectivity index (χ2n) is 3.89. The fraction of sp³-hybridized carbons (Fsp3) is 0.364. The molecule has 1 aromatic carbocycles. The molecule has 1 rings (SSSR count).